The maximum absolute atomic E-state index is 5.59. The highest BCUT2D eigenvalue weighted by molar-refractivity contribution is 7.80. The maximum atomic E-state index is 5.59. The van der Waals surface area contributed by atoms with E-state index >= 15 is 0 Å². The number of ether oxygens (including phenoxy) is 2. The molecule has 0 unspecified atom stereocenters. The molecule has 0 atom stereocenters. The van der Waals surface area contributed by atoms with Gasteiger partial charge in [0.15, 0.2) is 16.6 Å². The molecule has 1 fully saturated rings. The van der Waals surface area contributed by atoms with Crippen molar-refractivity contribution in [1.29, 1.82) is 0 Å². The van der Waals surface area contributed by atoms with Crippen LogP contribution in [0.5, 0.6) is 11.5 Å². The van der Waals surface area contributed by atoms with Gasteiger partial charge in [-0.2, -0.15) is 0 Å². The molecule has 1 aromatic carbocycles. The molecule has 1 aliphatic heterocycles. The van der Waals surface area contributed by atoms with Gasteiger partial charge in [0.2, 0.25) is 0 Å². The standard InChI is InChI=1S/C21H24N6O2S/c1-28-18-10-16-17(11-19(18)29-2)24-14-25-20(16)26-6-8-27(9-7-26)21(30)23-13-15-4-3-5-22-12-15/h3-5,10-12,14H,6-9,13H2,1-2H3,(H,23,30). The molecule has 1 aliphatic rings. The van der Waals surface area contributed by atoms with Gasteiger partial charge in [-0.05, 0) is 29.9 Å². The molecule has 9 heteroatoms. The molecule has 4 rings (SSSR count). The van der Waals surface area contributed by atoms with E-state index in [1.54, 1.807) is 26.7 Å². The number of pyridine rings is 1. The fourth-order valence-corrected chi connectivity index (χ4v) is 3.79. The number of hydrogen-bond acceptors (Lipinski definition) is 7. The van der Waals surface area contributed by atoms with E-state index in [2.05, 4.69) is 30.1 Å². The molecule has 0 bridgehead atoms. The van der Waals surface area contributed by atoms with Crippen molar-refractivity contribution in [2.24, 2.45) is 0 Å². The Balaban J connectivity index is 1.43. The van der Waals surface area contributed by atoms with E-state index in [1.807, 2.05) is 30.5 Å². The van der Waals surface area contributed by atoms with E-state index in [0.29, 0.717) is 18.0 Å². The average molecular weight is 425 g/mol. The minimum atomic E-state index is 0.657. The molecule has 0 amide bonds. The molecule has 8 nitrogen and oxygen atoms in total. The van der Waals surface area contributed by atoms with Crippen LogP contribution in [-0.4, -0.2) is 65.4 Å². The summed E-state index contributed by atoms with van der Waals surface area (Å²) in [7, 11) is 3.25. The minimum absolute atomic E-state index is 0.657. The molecule has 0 radical (unpaired) electrons. The molecule has 0 spiro atoms. The zero-order valence-electron chi connectivity index (χ0n) is 17.0. The lowest BCUT2D eigenvalue weighted by Gasteiger charge is -2.37. The summed E-state index contributed by atoms with van der Waals surface area (Å²) in [5.74, 6) is 2.22. The van der Waals surface area contributed by atoms with Crippen LogP contribution >= 0.6 is 12.2 Å². The Labute approximate surface area is 180 Å². The first-order valence-corrected chi connectivity index (χ1v) is 10.1. The second-order valence-corrected chi connectivity index (χ2v) is 7.30. The molecule has 0 saturated carbocycles. The van der Waals surface area contributed by atoms with Crippen LogP contribution in [0.25, 0.3) is 10.9 Å². The lowest BCUT2D eigenvalue weighted by atomic mass is 10.2. The summed E-state index contributed by atoms with van der Waals surface area (Å²) in [6, 6.07) is 7.78. The molecule has 0 aliphatic carbocycles. The quantitative estimate of drug-likeness (QED) is 0.621. The van der Waals surface area contributed by atoms with Gasteiger partial charge in [-0.25, -0.2) is 9.97 Å². The van der Waals surface area contributed by atoms with E-state index in [-0.39, 0.29) is 0 Å². The van der Waals surface area contributed by atoms with Crippen molar-refractivity contribution >= 4 is 34.1 Å². The van der Waals surface area contributed by atoms with Crippen LogP contribution < -0.4 is 19.7 Å². The molecule has 3 aromatic rings. The van der Waals surface area contributed by atoms with Gasteiger partial charge < -0.3 is 24.6 Å². The fraction of sp³-hybridized carbons (Fsp3) is 0.333. The van der Waals surface area contributed by atoms with Gasteiger partial charge in [-0.3, -0.25) is 4.98 Å². The summed E-state index contributed by atoms with van der Waals surface area (Å²) < 4.78 is 10.9. The Kier molecular flexibility index (Phi) is 6.08. The number of piperazine rings is 1. The Morgan fingerprint density at radius 1 is 1.10 bits per heavy atom. The van der Waals surface area contributed by atoms with Crippen molar-refractivity contribution < 1.29 is 9.47 Å². The summed E-state index contributed by atoms with van der Waals surface area (Å²) in [5.41, 5.74) is 1.93. The molecule has 3 heterocycles. The van der Waals surface area contributed by atoms with Crippen molar-refractivity contribution in [2.45, 2.75) is 6.54 Å². The topological polar surface area (TPSA) is 75.6 Å². The van der Waals surface area contributed by atoms with Crippen molar-refractivity contribution in [3.05, 3.63) is 48.5 Å². The van der Waals surface area contributed by atoms with E-state index in [0.717, 1.165) is 53.6 Å². The first-order chi connectivity index (χ1) is 14.7. The molecule has 2 aromatic heterocycles. The Morgan fingerprint density at radius 3 is 2.57 bits per heavy atom. The third-order valence-corrected chi connectivity index (χ3v) is 5.56. The van der Waals surface area contributed by atoms with E-state index in [1.165, 1.54) is 0 Å². The highest BCUT2D eigenvalue weighted by Crippen LogP contribution is 2.34. The number of hydrogen-bond donors (Lipinski definition) is 1. The summed E-state index contributed by atoms with van der Waals surface area (Å²) in [6.07, 6.45) is 5.20. The molecule has 1 saturated heterocycles. The summed E-state index contributed by atoms with van der Waals surface area (Å²) >= 11 is 5.59. The largest absolute Gasteiger partial charge is 0.493 e. The molecular formula is C21H24N6O2S. The van der Waals surface area contributed by atoms with Gasteiger partial charge in [0.1, 0.15) is 12.1 Å². The number of methoxy groups -OCH3 is 2. The SMILES string of the molecule is COc1cc2ncnc(N3CCN(C(=S)NCc4cccnc4)CC3)c2cc1OC. The van der Waals surface area contributed by atoms with Crippen molar-refractivity contribution in [1.82, 2.24) is 25.2 Å². The third-order valence-electron chi connectivity index (χ3n) is 5.15. The predicted octanol–water partition coefficient (Wildman–Crippen LogP) is 2.24. The average Bonchev–Trinajstić information content (AvgIpc) is 2.82. The zero-order valence-corrected chi connectivity index (χ0v) is 17.9. The van der Waals surface area contributed by atoms with Crippen LogP contribution in [0.2, 0.25) is 0 Å². The number of aromatic nitrogens is 3. The van der Waals surface area contributed by atoms with Crippen molar-refractivity contribution in [2.75, 3.05) is 45.3 Å². The van der Waals surface area contributed by atoms with Crippen LogP contribution in [0.4, 0.5) is 5.82 Å². The lowest BCUT2D eigenvalue weighted by molar-refractivity contribution is 0.355. The predicted molar refractivity (Wildman–Crippen MR) is 120 cm³/mol. The first kappa shape index (κ1) is 20.1. The molecule has 156 valence electrons. The van der Waals surface area contributed by atoms with Crippen LogP contribution in [0.1, 0.15) is 5.56 Å². The van der Waals surface area contributed by atoms with Gasteiger partial charge in [-0.1, -0.05) is 6.07 Å². The Hall–Kier alpha value is -3.20. The summed E-state index contributed by atoms with van der Waals surface area (Å²) in [6.45, 7) is 3.94. The lowest BCUT2D eigenvalue weighted by Crippen LogP contribution is -2.51. The number of thiocarbonyl (C=S) groups is 1. The maximum Gasteiger partial charge on any atom is 0.169 e. The van der Waals surface area contributed by atoms with Crippen LogP contribution in [0.3, 0.4) is 0 Å². The van der Waals surface area contributed by atoms with Gasteiger partial charge in [0.25, 0.3) is 0 Å². The molecule has 30 heavy (non-hydrogen) atoms. The highest BCUT2D eigenvalue weighted by Gasteiger charge is 2.22. The van der Waals surface area contributed by atoms with E-state index in [9.17, 15) is 0 Å². The first-order valence-electron chi connectivity index (χ1n) is 9.73. The normalized spacial score (nSPS) is 13.9. The zero-order chi connectivity index (χ0) is 20.9. The van der Waals surface area contributed by atoms with E-state index in [4.69, 9.17) is 21.7 Å². The van der Waals surface area contributed by atoms with Gasteiger partial charge in [0.05, 0.1) is 19.7 Å². The second-order valence-electron chi connectivity index (χ2n) is 6.92. The van der Waals surface area contributed by atoms with Gasteiger partial charge in [0, 0.05) is 56.6 Å². The molecule has 1 N–H and O–H groups in total. The number of benzene rings is 1. The van der Waals surface area contributed by atoms with Crippen molar-refractivity contribution in [3.8, 4) is 11.5 Å². The summed E-state index contributed by atoms with van der Waals surface area (Å²) in [5, 5.41) is 5.03. The fourth-order valence-electron chi connectivity index (χ4n) is 3.53. The highest BCUT2D eigenvalue weighted by atomic mass is 32.1. The number of rotatable bonds is 5. The Bertz CT molecular complexity index is 1020. The van der Waals surface area contributed by atoms with Gasteiger partial charge in [-0.15, -0.1) is 0 Å². The minimum Gasteiger partial charge on any atom is -0.493 e. The van der Waals surface area contributed by atoms with Gasteiger partial charge >= 0.3 is 0 Å². The molecular weight excluding hydrogens is 400 g/mol. The smallest absolute Gasteiger partial charge is 0.169 e. The third kappa shape index (κ3) is 4.20. The number of fused-ring (bicyclic) bond motifs is 1. The monoisotopic (exact) mass is 424 g/mol. The number of nitrogens with zero attached hydrogens (tertiary/aromatic N) is 5. The second kappa shape index (κ2) is 9.08. The van der Waals surface area contributed by atoms with Crippen LogP contribution in [0, 0.1) is 0 Å². The Morgan fingerprint density at radius 2 is 1.87 bits per heavy atom. The van der Waals surface area contributed by atoms with Crippen LogP contribution in [0.15, 0.2) is 43.0 Å². The van der Waals surface area contributed by atoms with Crippen LogP contribution in [-0.2, 0) is 6.54 Å². The number of nitrogens with one attached hydrogen (secondary N) is 1. The summed E-state index contributed by atoms with van der Waals surface area (Å²) in [4.78, 5) is 17.5. The van der Waals surface area contributed by atoms with Crippen molar-refractivity contribution in [3.63, 3.8) is 0 Å². The number of anilines is 1. The van der Waals surface area contributed by atoms with E-state index < -0.39 is 0 Å².